The predicted molar refractivity (Wildman–Crippen MR) is 116 cm³/mol. The smallest absolute Gasteiger partial charge is 0.273 e. The molecule has 1 unspecified atom stereocenters. The fourth-order valence-electron chi connectivity index (χ4n) is 4.21. The molecule has 0 N–H and O–H groups in total. The van der Waals surface area contributed by atoms with Crippen LogP contribution < -0.4 is 4.74 Å². The summed E-state index contributed by atoms with van der Waals surface area (Å²) < 4.78 is 5.91. The number of likely N-dealkylation sites (tertiary alicyclic amines) is 1. The fraction of sp³-hybridized carbons (Fsp3) is 0.348. The molecule has 31 heavy (non-hydrogen) atoms. The number of hydrogen-bond acceptors (Lipinski definition) is 6. The minimum atomic E-state index is -0.103. The van der Waals surface area contributed by atoms with Gasteiger partial charge in [0.1, 0.15) is 12.3 Å². The Balaban J connectivity index is 1.41. The first kappa shape index (κ1) is 19.9. The van der Waals surface area contributed by atoms with E-state index in [4.69, 9.17) is 16.3 Å². The molecule has 3 atom stereocenters. The Hall–Kier alpha value is -3.06. The number of ether oxygens (including phenoxy) is 1. The topological polar surface area (TPSA) is 81.1 Å². The molecule has 1 aliphatic heterocycles. The zero-order chi connectivity index (χ0) is 21.4. The quantitative estimate of drug-likeness (QED) is 0.606. The summed E-state index contributed by atoms with van der Waals surface area (Å²) in [6.45, 7) is 2.98. The van der Waals surface area contributed by atoms with Crippen molar-refractivity contribution in [2.24, 2.45) is 11.8 Å². The molecule has 5 rings (SSSR count). The standard InChI is InChI=1S/C23H22ClN5O2/c1-14-3-5-19(22-25-7-2-8-26-22)21(28-14)23(30)29-12-16-9-15(16)10-18(29)13-31-20-6-4-17(24)11-27-20/h2-8,11,15-16,18H,9-10,12-13H2,1H3/t15-,16+,18?/m1/s1. The SMILES string of the molecule is Cc1ccc(-c2ncccn2)c(C(=O)N2C[C@@H]3C[C@@H]3CC2COc2ccc(Cl)cn2)n1. The maximum atomic E-state index is 13.7. The van der Waals surface area contributed by atoms with E-state index < -0.39 is 0 Å². The first-order valence-electron chi connectivity index (χ1n) is 10.4. The summed E-state index contributed by atoms with van der Waals surface area (Å²) >= 11 is 5.91. The molecule has 1 saturated heterocycles. The van der Waals surface area contributed by atoms with Crippen LogP contribution in [0.1, 0.15) is 29.0 Å². The zero-order valence-corrected chi connectivity index (χ0v) is 17.9. The summed E-state index contributed by atoms with van der Waals surface area (Å²) in [4.78, 5) is 33.0. The molecule has 2 fully saturated rings. The molecule has 158 valence electrons. The summed E-state index contributed by atoms with van der Waals surface area (Å²) in [7, 11) is 0. The Morgan fingerprint density at radius 2 is 1.97 bits per heavy atom. The molecule has 1 amide bonds. The molecule has 0 aromatic carbocycles. The first-order valence-corrected chi connectivity index (χ1v) is 10.8. The van der Waals surface area contributed by atoms with Crippen molar-refractivity contribution in [3.63, 3.8) is 0 Å². The third-order valence-electron chi connectivity index (χ3n) is 5.94. The van der Waals surface area contributed by atoms with Gasteiger partial charge in [-0.2, -0.15) is 0 Å². The molecule has 1 aliphatic carbocycles. The van der Waals surface area contributed by atoms with Gasteiger partial charge in [0.15, 0.2) is 5.82 Å². The summed E-state index contributed by atoms with van der Waals surface area (Å²) in [6.07, 6.45) is 6.98. The van der Waals surface area contributed by atoms with Gasteiger partial charge < -0.3 is 9.64 Å². The molecule has 3 aromatic rings. The molecular formula is C23H22ClN5O2. The molecule has 8 heteroatoms. The maximum absolute atomic E-state index is 13.7. The Morgan fingerprint density at radius 1 is 1.13 bits per heavy atom. The summed E-state index contributed by atoms with van der Waals surface area (Å²) in [5.41, 5.74) is 1.82. The number of aromatic nitrogens is 4. The number of pyridine rings is 2. The Bertz CT molecular complexity index is 1090. The van der Waals surface area contributed by atoms with Gasteiger partial charge in [0, 0.05) is 36.9 Å². The van der Waals surface area contributed by atoms with Crippen molar-refractivity contribution in [3.8, 4) is 17.3 Å². The van der Waals surface area contributed by atoms with Crippen LogP contribution in [-0.2, 0) is 0 Å². The summed E-state index contributed by atoms with van der Waals surface area (Å²) in [5.74, 6) is 2.13. The second kappa shape index (κ2) is 8.23. The van der Waals surface area contributed by atoms with Gasteiger partial charge in [-0.3, -0.25) is 4.79 Å². The number of fused-ring (bicyclic) bond motifs is 1. The predicted octanol–water partition coefficient (Wildman–Crippen LogP) is 3.83. The summed E-state index contributed by atoms with van der Waals surface area (Å²) in [5, 5.41) is 0.559. The number of piperidine rings is 1. The molecule has 1 saturated carbocycles. The lowest BCUT2D eigenvalue weighted by molar-refractivity contribution is 0.0503. The minimum Gasteiger partial charge on any atom is -0.475 e. The average molecular weight is 436 g/mol. The van der Waals surface area contributed by atoms with Gasteiger partial charge in [-0.05, 0) is 55.9 Å². The van der Waals surface area contributed by atoms with Crippen LogP contribution in [0.2, 0.25) is 5.02 Å². The largest absolute Gasteiger partial charge is 0.475 e. The highest BCUT2D eigenvalue weighted by atomic mass is 35.5. The van der Waals surface area contributed by atoms with E-state index in [-0.39, 0.29) is 11.9 Å². The number of carbonyl (C=O) groups excluding carboxylic acids is 1. The van der Waals surface area contributed by atoms with E-state index in [1.807, 2.05) is 24.0 Å². The highest BCUT2D eigenvalue weighted by Crippen LogP contribution is 2.47. The van der Waals surface area contributed by atoms with E-state index >= 15 is 0 Å². The second-order valence-corrected chi connectivity index (χ2v) is 8.59. The summed E-state index contributed by atoms with van der Waals surface area (Å²) in [6, 6.07) is 8.95. The molecule has 0 radical (unpaired) electrons. The van der Waals surface area contributed by atoms with Crippen LogP contribution in [0.3, 0.4) is 0 Å². The van der Waals surface area contributed by atoms with Crippen molar-refractivity contribution in [2.75, 3.05) is 13.2 Å². The van der Waals surface area contributed by atoms with E-state index in [9.17, 15) is 4.79 Å². The number of hydrogen-bond donors (Lipinski definition) is 0. The first-order chi connectivity index (χ1) is 15.1. The maximum Gasteiger partial charge on any atom is 0.273 e. The van der Waals surface area contributed by atoms with Crippen molar-refractivity contribution >= 4 is 17.5 Å². The number of amides is 1. The normalized spacial score (nSPS) is 22.0. The van der Waals surface area contributed by atoms with Crippen molar-refractivity contribution in [1.82, 2.24) is 24.8 Å². The Kier molecular flexibility index (Phi) is 5.28. The van der Waals surface area contributed by atoms with Crippen molar-refractivity contribution in [1.29, 1.82) is 0 Å². The van der Waals surface area contributed by atoms with Gasteiger partial charge in [0.25, 0.3) is 5.91 Å². The molecule has 3 aromatic heterocycles. The molecular weight excluding hydrogens is 414 g/mol. The lowest BCUT2D eigenvalue weighted by Crippen LogP contribution is -2.48. The van der Waals surface area contributed by atoms with Crippen LogP contribution in [0.4, 0.5) is 0 Å². The molecule has 0 spiro atoms. The van der Waals surface area contributed by atoms with Crippen LogP contribution in [0.25, 0.3) is 11.4 Å². The van der Waals surface area contributed by atoms with E-state index in [2.05, 4.69) is 19.9 Å². The van der Waals surface area contributed by atoms with E-state index in [0.29, 0.717) is 46.4 Å². The van der Waals surface area contributed by atoms with E-state index in [0.717, 1.165) is 25.1 Å². The zero-order valence-electron chi connectivity index (χ0n) is 17.1. The van der Waals surface area contributed by atoms with E-state index in [1.165, 1.54) is 0 Å². The van der Waals surface area contributed by atoms with Crippen LogP contribution in [-0.4, -0.2) is 49.9 Å². The number of aryl methyl sites for hydroxylation is 1. The molecule has 4 heterocycles. The third-order valence-corrected chi connectivity index (χ3v) is 6.17. The lowest BCUT2D eigenvalue weighted by Gasteiger charge is -2.35. The van der Waals surface area contributed by atoms with Crippen LogP contribution in [0, 0.1) is 18.8 Å². The number of carbonyl (C=O) groups is 1. The minimum absolute atomic E-state index is 0.0411. The average Bonchev–Trinajstić information content (AvgIpc) is 3.56. The molecule has 2 aliphatic rings. The van der Waals surface area contributed by atoms with Crippen molar-refractivity contribution < 1.29 is 9.53 Å². The van der Waals surface area contributed by atoms with E-state index in [1.54, 1.807) is 36.8 Å². The van der Waals surface area contributed by atoms with Gasteiger partial charge in [0.2, 0.25) is 5.88 Å². The highest BCUT2D eigenvalue weighted by molar-refractivity contribution is 6.30. The highest BCUT2D eigenvalue weighted by Gasteiger charge is 2.47. The fourth-order valence-corrected chi connectivity index (χ4v) is 4.32. The van der Waals surface area contributed by atoms with Gasteiger partial charge in [-0.25, -0.2) is 19.9 Å². The Morgan fingerprint density at radius 3 is 2.74 bits per heavy atom. The molecule has 0 bridgehead atoms. The third kappa shape index (κ3) is 4.23. The monoisotopic (exact) mass is 435 g/mol. The van der Waals surface area contributed by atoms with Gasteiger partial charge in [-0.15, -0.1) is 0 Å². The number of rotatable bonds is 5. The number of halogens is 1. The van der Waals surface area contributed by atoms with Crippen molar-refractivity contribution in [2.45, 2.75) is 25.8 Å². The second-order valence-electron chi connectivity index (χ2n) is 8.15. The lowest BCUT2D eigenvalue weighted by atomic mass is 10.0. The van der Waals surface area contributed by atoms with Crippen LogP contribution >= 0.6 is 11.6 Å². The van der Waals surface area contributed by atoms with Crippen LogP contribution in [0.15, 0.2) is 48.9 Å². The van der Waals surface area contributed by atoms with Gasteiger partial charge >= 0.3 is 0 Å². The van der Waals surface area contributed by atoms with Gasteiger partial charge in [0.05, 0.1) is 16.6 Å². The Labute approximate surface area is 185 Å². The van der Waals surface area contributed by atoms with Crippen LogP contribution in [0.5, 0.6) is 5.88 Å². The van der Waals surface area contributed by atoms with Crippen molar-refractivity contribution in [3.05, 3.63) is 65.3 Å². The van der Waals surface area contributed by atoms with Gasteiger partial charge in [-0.1, -0.05) is 11.6 Å². The number of nitrogens with zero attached hydrogens (tertiary/aromatic N) is 5. The molecule has 7 nitrogen and oxygen atoms in total.